The molecular weight excluding hydrogens is 224 g/mol. The molecule has 16 heavy (non-hydrogen) atoms. The van der Waals surface area contributed by atoms with E-state index in [-0.39, 0.29) is 0 Å². The predicted octanol–water partition coefficient (Wildman–Crippen LogP) is 3.09. The molecule has 2 N–H and O–H groups in total. The van der Waals surface area contributed by atoms with Gasteiger partial charge < -0.3 is 5.32 Å². The molecule has 0 aliphatic rings. The Labute approximate surface area is 98.8 Å². The van der Waals surface area contributed by atoms with Gasteiger partial charge in [-0.05, 0) is 30.7 Å². The monoisotopic (exact) mass is 234 g/mol. The summed E-state index contributed by atoms with van der Waals surface area (Å²) in [5.41, 5.74) is 2.85. The van der Waals surface area contributed by atoms with E-state index >= 15 is 0 Å². The van der Waals surface area contributed by atoms with Crippen LogP contribution in [0.3, 0.4) is 0 Å². The molecule has 2 aromatic rings. The molecule has 0 radical (unpaired) electrons. The van der Waals surface area contributed by atoms with Crippen LogP contribution in [0.1, 0.15) is 5.56 Å². The number of anilines is 3. The van der Waals surface area contributed by atoms with Gasteiger partial charge in [0.1, 0.15) is 0 Å². The normalized spacial score (nSPS) is 9.88. The van der Waals surface area contributed by atoms with E-state index in [1.54, 1.807) is 18.5 Å². The van der Waals surface area contributed by atoms with Crippen molar-refractivity contribution < 1.29 is 0 Å². The smallest absolute Gasteiger partial charge is 0.227 e. The quantitative estimate of drug-likeness (QED) is 0.802. The third-order valence-corrected chi connectivity index (χ3v) is 2.38. The Hall–Kier alpha value is -1.81. The molecular formula is C11H11ClN4. The van der Waals surface area contributed by atoms with Gasteiger partial charge in [-0.2, -0.15) is 0 Å². The largest absolute Gasteiger partial charge is 0.324 e. The Morgan fingerprint density at radius 3 is 2.62 bits per heavy atom. The highest BCUT2D eigenvalue weighted by Gasteiger charge is 2.01. The van der Waals surface area contributed by atoms with Gasteiger partial charge in [0.2, 0.25) is 5.95 Å². The van der Waals surface area contributed by atoms with Crippen molar-refractivity contribution in [1.29, 1.82) is 0 Å². The zero-order valence-electron chi connectivity index (χ0n) is 8.74. The van der Waals surface area contributed by atoms with Crippen LogP contribution in [0.5, 0.6) is 0 Å². The van der Waals surface area contributed by atoms with Crippen LogP contribution in [0.2, 0.25) is 0 Å². The summed E-state index contributed by atoms with van der Waals surface area (Å²) >= 11 is 5.55. The molecule has 5 heteroatoms. The van der Waals surface area contributed by atoms with E-state index in [1.807, 2.05) is 25.1 Å². The number of halogens is 1. The standard InChI is InChI=1S/C11H11ClN4/c1-8-3-4-9(16-12)7-10(8)15-11-13-5-2-6-14-11/h2-7,16H,1H3,(H,13,14,15). The van der Waals surface area contributed by atoms with Crippen LogP contribution >= 0.6 is 11.8 Å². The minimum atomic E-state index is 0.567. The van der Waals surface area contributed by atoms with Crippen LogP contribution in [0.4, 0.5) is 17.3 Å². The van der Waals surface area contributed by atoms with E-state index in [4.69, 9.17) is 11.8 Å². The second-order valence-corrected chi connectivity index (χ2v) is 3.51. The predicted molar refractivity (Wildman–Crippen MR) is 66.0 cm³/mol. The zero-order valence-corrected chi connectivity index (χ0v) is 9.49. The summed E-state index contributed by atoms with van der Waals surface area (Å²) in [4.78, 5) is 10.8. The lowest BCUT2D eigenvalue weighted by molar-refractivity contribution is 1.16. The SMILES string of the molecule is Cc1ccc(NCl)cc1Nc1ncccn1. The highest BCUT2D eigenvalue weighted by atomic mass is 35.5. The number of aromatic nitrogens is 2. The maximum atomic E-state index is 5.55. The lowest BCUT2D eigenvalue weighted by Crippen LogP contribution is -1.98. The highest BCUT2D eigenvalue weighted by Crippen LogP contribution is 2.22. The first kappa shape index (κ1) is 10.7. The zero-order chi connectivity index (χ0) is 11.4. The van der Waals surface area contributed by atoms with E-state index in [0.717, 1.165) is 16.9 Å². The maximum Gasteiger partial charge on any atom is 0.227 e. The molecule has 1 aromatic carbocycles. The van der Waals surface area contributed by atoms with E-state index < -0.39 is 0 Å². The summed E-state index contributed by atoms with van der Waals surface area (Å²) < 4.78 is 0. The van der Waals surface area contributed by atoms with Crippen molar-refractivity contribution in [3.05, 3.63) is 42.2 Å². The highest BCUT2D eigenvalue weighted by molar-refractivity contribution is 6.24. The number of hydrogen-bond donors (Lipinski definition) is 2. The van der Waals surface area contributed by atoms with Crippen molar-refractivity contribution >= 4 is 29.1 Å². The Kier molecular flexibility index (Phi) is 3.22. The van der Waals surface area contributed by atoms with Gasteiger partial charge in [-0.1, -0.05) is 6.07 Å². The first-order valence-corrected chi connectivity index (χ1v) is 5.19. The summed E-state index contributed by atoms with van der Waals surface area (Å²) in [6, 6.07) is 7.54. The van der Waals surface area contributed by atoms with Crippen molar-refractivity contribution in [3.63, 3.8) is 0 Å². The summed E-state index contributed by atoms with van der Waals surface area (Å²) in [6.07, 6.45) is 3.38. The van der Waals surface area contributed by atoms with Gasteiger partial charge in [-0.25, -0.2) is 9.97 Å². The Balaban J connectivity index is 2.27. The van der Waals surface area contributed by atoms with E-state index in [0.29, 0.717) is 5.95 Å². The van der Waals surface area contributed by atoms with E-state index in [2.05, 4.69) is 20.1 Å². The van der Waals surface area contributed by atoms with Crippen molar-refractivity contribution in [1.82, 2.24) is 9.97 Å². The minimum Gasteiger partial charge on any atom is -0.324 e. The summed E-state index contributed by atoms with van der Waals surface area (Å²) in [5, 5.41) is 3.13. The molecule has 0 fully saturated rings. The van der Waals surface area contributed by atoms with Crippen LogP contribution in [-0.4, -0.2) is 9.97 Å². The van der Waals surface area contributed by atoms with E-state index in [1.165, 1.54) is 0 Å². The topological polar surface area (TPSA) is 49.8 Å². The number of aryl methyl sites for hydroxylation is 1. The molecule has 0 saturated heterocycles. The lowest BCUT2D eigenvalue weighted by atomic mass is 10.2. The summed E-state index contributed by atoms with van der Waals surface area (Å²) in [5.74, 6) is 0.567. The molecule has 82 valence electrons. The van der Waals surface area contributed by atoms with Gasteiger partial charge in [-0.15, -0.1) is 0 Å². The third-order valence-electron chi connectivity index (χ3n) is 2.16. The second-order valence-electron chi connectivity index (χ2n) is 3.32. The molecule has 0 saturated carbocycles. The van der Waals surface area contributed by atoms with Crippen LogP contribution < -0.4 is 10.2 Å². The molecule has 1 heterocycles. The molecule has 4 nitrogen and oxygen atoms in total. The van der Waals surface area contributed by atoms with Gasteiger partial charge >= 0.3 is 0 Å². The Morgan fingerprint density at radius 1 is 1.19 bits per heavy atom. The number of benzene rings is 1. The van der Waals surface area contributed by atoms with Crippen LogP contribution in [0.25, 0.3) is 0 Å². The molecule has 0 atom stereocenters. The first-order valence-electron chi connectivity index (χ1n) is 4.81. The molecule has 0 spiro atoms. The fourth-order valence-electron chi connectivity index (χ4n) is 1.30. The fourth-order valence-corrected chi connectivity index (χ4v) is 1.42. The third kappa shape index (κ3) is 2.41. The second kappa shape index (κ2) is 4.81. The van der Waals surface area contributed by atoms with E-state index in [9.17, 15) is 0 Å². The summed E-state index contributed by atoms with van der Waals surface area (Å²) in [7, 11) is 0. The molecule has 2 rings (SSSR count). The molecule has 1 aromatic heterocycles. The molecule has 0 amide bonds. The molecule has 0 unspecified atom stereocenters. The van der Waals surface area contributed by atoms with Gasteiger partial charge in [0.25, 0.3) is 0 Å². The van der Waals surface area contributed by atoms with Crippen LogP contribution in [0.15, 0.2) is 36.7 Å². The summed E-state index contributed by atoms with van der Waals surface area (Å²) in [6.45, 7) is 2.00. The molecule has 0 aliphatic carbocycles. The maximum absolute atomic E-state index is 5.55. The van der Waals surface area contributed by atoms with Gasteiger partial charge in [0, 0.05) is 29.9 Å². The molecule has 0 bridgehead atoms. The average molecular weight is 235 g/mol. The fraction of sp³-hybridized carbons (Fsp3) is 0.0909. The van der Waals surface area contributed by atoms with Crippen molar-refractivity contribution in [3.8, 4) is 0 Å². The van der Waals surface area contributed by atoms with Gasteiger partial charge in [-0.3, -0.25) is 4.84 Å². The first-order chi connectivity index (χ1) is 7.79. The van der Waals surface area contributed by atoms with Gasteiger partial charge in [0.15, 0.2) is 0 Å². The van der Waals surface area contributed by atoms with Crippen LogP contribution in [0, 0.1) is 6.92 Å². The van der Waals surface area contributed by atoms with Crippen LogP contribution in [-0.2, 0) is 0 Å². The number of rotatable bonds is 3. The Morgan fingerprint density at radius 2 is 1.94 bits per heavy atom. The Bertz CT molecular complexity index is 473. The van der Waals surface area contributed by atoms with Crippen molar-refractivity contribution in [2.45, 2.75) is 6.92 Å². The van der Waals surface area contributed by atoms with Crippen molar-refractivity contribution in [2.75, 3.05) is 10.2 Å². The number of hydrogen-bond acceptors (Lipinski definition) is 4. The lowest BCUT2D eigenvalue weighted by Gasteiger charge is -2.09. The van der Waals surface area contributed by atoms with Gasteiger partial charge in [0.05, 0.1) is 5.69 Å². The number of nitrogens with zero attached hydrogens (tertiary/aromatic N) is 2. The molecule has 0 aliphatic heterocycles. The number of nitrogens with one attached hydrogen (secondary N) is 2. The van der Waals surface area contributed by atoms with Crippen molar-refractivity contribution in [2.24, 2.45) is 0 Å². The minimum absolute atomic E-state index is 0.567. The average Bonchev–Trinajstić information content (AvgIpc) is 2.33.